The molecule has 1 aromatic carbocycles. The van der Waals surface area contributed by atoms with Gasteiger partial charge in [-0.1, -0.05) is 19.1 Å². The monoisotopic (exact) mass is 292 g/mol. The molecule has 0 spiro atoms. The van der Waals surface area contributed by atoms with Crippen LogP contribution >= 0.6 is 0 Å². The molecule has 116 valence electrons. The van der Waals surface area contributed by atoms with Crippen LogP contribution in [0.25, 0.3) is 0 Å². The first kappa shape index (κ1) is 14.8. The van der Waals surface area contributed by atoms with E-state index in [1.165, 1.54) is 0 Å². The Kier molecular flexibility index (Phi) is 4.20. The van der Waals surface area contributed by atoms with E-state index in [-0.39, 0.29) is 24.4 Å². The maximum Gasteiger partial charge on any atom is 0.184 e. The first-order valence-electron chi connectivity index (χ1n) is 7.68. The molecule has 1 heterocycles. The molecule has 0 radical (unpaired) electrons. The third kappa shape index (κ3) is 2.80. The summed E-state index contributed by atoms with van der Waals surface area (Å²) in [7, 11) is 1.66. The smallest absolute Gasteiger partial charge is 0.184 e. The normalized spacial score (nSPS) is 35.5. The zero-order valence-corrected chi connectivity index (χ0v) is 12.7. The average Bonchev–Trinajstić information content (AvgIpc) is 2.84. The first-order valence-corrected chi connectivity index (χ1v) is 7.68. The van der Waals surface area contributed by atoms with Crippen molar-refractivity contribution in [3.63, 3.8) is 0 Å². The molecule has 4 heteroatoms. The standard InChI is InChI=1S/C17H24O4/c1-17(9-10-18)8-7-15-14(17)11-20-16(21-15)12-3-5-13(19-2)6-4-12/h3-6,14-16,18H,7-11H2,1-2H3/t14-,15-,16+,17+/m1/s1. The largest absolute Gasteiger partial charge is 0.497 e. The topological polar surface area (TPSA) is 47.9 Å². The van der Waals surface area contributed by atoms with Gasteiger partial charge >= 0.3 is 0 Å². The fraction of sp³-hybridized carbons (Fsp3) is 0.647. The Morgan fingerprint density at radius 1 is 1.33 bits per heavy atom. The predicted molar refractivity (Wildman–Crippen MR) is 79.1 cm³/mol. The molecule has 0 amide bonds. The fourth-order valence-electron chi connectivity index (χ4n) is 3.67. The van der Waals surface area contributed by atoms with Gasteiger partial charge in [0.1, 0.15) is 5.75 Å². The Bertz CT molecular complexity index is 472. The lowest BCUT2D eigenvalue weighted by molar-refractivity contribution is -0.244. The van der Waals surface area contributed by atoms with Crippen LogP contribution in [0.3, 0.4) is 0 Å². The number of methoxy groups -OCH3 is 1. The molecular formula is C17H24O4. The van der Waals surface area contributed by atoms with Crippen LogP contribution in [0.2, 0.25) is 0 Å². The van der Waals surface area contributed by atoms with Gasteiger partial charge in [-0.2, -0.15) is 0 Å². The van der Waals surface area contributed by atoms with E-state index < -0.39 is 0 Å². The van der Waals surface area contributed by atoms with E-state index in [4.69, 9.17) is 14.2 Å². The second kappa shape index (κ2) is 5.95. The summed E-state index contributed by atoms with van der Waals surface area (Å²) >= 11 is 0. The molecule has 1 aliphatic carbocycles. The molecular weight excluding hydrogens is 268 g/mol. The van der Waals surface area contributed by atoms with Gasteiger partial charge in [-0.3, -0.25) is 0 Å². The second-order valence-electron chi connectivity index (χ2n) is 6.39. The van der Waals surface area contributed by atoms with Crippen molar-refractivity contribution in [2.24, 2.45) is 11.3 Å². The van der Waals surface area contributed by atoms with Crippen molar-refractivity contribution in [2.75, 3.05) is 20.3 Å². The maximum atomic E-state index is 9.27. The Morgan fingerprint density at radius 2 is 2.10 bits per heavy atom. The highest BCUT2D eigenvalue weighted by Crippen LogP contribution is 2.50. The van der Waals surface area contributed by atoms with E-state index in [2.05, 4.69) is 6.92 Å². The van der Waals surface area contributed by atoms with Gasteiger partial charge < -0.3 is 19.3 Å². The first-order chi connectivity index (χ1) is 10.2. The number of aliphatic hydroxyl groups is 1. The molecule has 1 aromatic rings. The summed E-state index contributed by atoms with van der Waals surface area (Å²) in [6.45, 7) is 3.19. The van der Waals surface area contributed by atoms with E-state index >= 15 is 0 Å². The number of benzene rings is 1. The van der Waals surface area contributed by atoms with E-state index in [1.807, 2.05) is 24.3 Å². The maximum absolute atomic E-state index is 9.27. The molecule has 2 aliphatic rings. The zero-order chi connectivity index (χ0) is 14.9. The van der Waals surface area contributed by atoms with E-state index in [1.54, 1.807) is 7.11 Å². The van der Waals surface area contributed by atoms with Crippen LogP contribution < -0.4 is 4.74 Å². The van der Waals surface area contributed by atoms with Crippen LogP contribution in [0.5, 0.6) is 5.75 Å². The molecule has 2 fully saturated rings. The van der Waals surface area contributed by atoms with Crippen LogP contribution in [0.1, 0.15) is 38.0 Å². The summed E-state index contributed by atoms with van der Waals surface area (Å²) < 4.78 is 17.3. The summed E-state index contributed by atoms with van der Waals surface area (Å²) in [4.78, 5) is 0. The van der Waals surface area contributed by atoms with Crippen LogP contribution in [0.15, 0.2) is 24.3 Å². The van der Waals surface area contributed by atoms with E-state index in [0.29, 0.717) is 12.5 Å². The van der Waals surface area contributed by atoms with Gasteiger partial charge in [-0.15, -0.1) is 0 Å². The van der Waals surface area contributed by atoms with Gasteiger partial charge in [0, 0.05) is 18.1 Å². The number of aliphatic hydroxyl groups excluding tert-OH is 1. The minimum absolute atomic E-state index is 0.143. The van der Waals surface area contributed by atoms with E-state index in [0.717, 1.165) is 30.6 Å². The van der Waals surface area contributed by atoms with Crippen molar-refractivity contribution in [1.82, 2.24) is 0 Å². The molecule has 1 saturated heterocycles. The molecule has 0 unspecified atom stereocenters. The van der Waals surface area contributed by atoms with Crippen molar-refractivity contribution in [3.05, 3.63) is 29.8 Å². The molecule has 4 nitrogen and oxygen atoms in total. The number of rotatable bonds is 4. The van der Waals surface area contributed by atoms with Crippen LogP contribution in [0.4, 0.5) is 0 Å². The third-order valence-electron chi connectivity index (χ3n) is 5.14. The molecule has 1 saturated carbocycles. The Hall–Kier alpha value is -1.10. The van der Waals surface area contributed by atoms with Crippen molar-refractivity contribution < 1.29 is 19.3 Å². The highest BCUT2D eigenvalue weighted by atomic mass is 16.7. The predicted octanol–water partition coefficient (Wildman–Crippen LogP) is 2.91. The van der Waals surface area contributed by atoms with Crippen LogP contribution in [-0.4, -0.2) is 31.5 Å². The minimum atomic E-state index is -0.284. The number of hydrogen-bond donors (Lipinski definition) is 1. The van der Waals surface area contributed by atoms with Gasteiger partial charge in [0.25, 0.3) is 0 Å². The van der Waals surface area contributed by atoms with Crippen molar-refractivity contribution >= 4 is 0 Å². The number of ether oxygens (including phenoxy) is 3. The SMILES string of the molecule is COc1ccc([C@H]2OC[C@@H]3[C@@H](CC[C@@]3(C)CCO)O2)cc1. The summed E-state index contributed by atoms with van der Waals surface area (Å²) in [5, 5.41) is 9.27. The molecule has 21 heavy (non-hydrogen) atoms. The lowest BCUT2D eigenvalue weighted by atomic mass is 9.77. The molecule has 0 aromatic heterocycles. The summed E-state index contributed by atoms with van der Waals surface area (Å²) in [6.07, 6.45) is 2.93. The average molecular weight is 292 g/mol. The Labute approximate surface area is 126 Å². The van der Waals surface area contributed by atoms with Gasteiger partial charge in [0.05, 0.1) is 19.8 Å². The summed E-state index contributed by atoms with van der Waals surface area (Å²) in [5.41, 5.74) is 1.18. The summed E-state index contributed by atoms with van der Waals surface area (Å²) in [6, 6.07) is 7.84. The van der Waals surface area contributed by atoms with Crippen molar-refractivity contribution in [2.45, 2.75) is 38.6 Å². The highest BCUT2D eigenvalue weighted by Gasteiger charge is 2.48. The quantitative estimate of drug-likeness (QED) is 0.927. The fourth-order valence-corrected chi connectivity index (χ4v) is 3.67. The Morgan fingerprint density at radius 3 is 2.76 bits per heavy atom. The highest BCUT2D eigenvalue weighted by molar-refractivity contribution is 5.28. The summed E-state index contributed by atoms with van der Waals surface area (Å²) in [5.74, 6) is 1.22. The molecule has 3 rings (SSSR count). The number of hydrogen-bond acceptors (Lipinski definition) is 4. The number of fused-ring (bicyclic) bond motifs is 1. The van der Waals surface area contributed by atoms with Crippen molar-refractivity contribution in [3.8, 4) is 5.75 Å². The van der Waals surface area contributed by atoms with Crippen LogP contribution in [-0.2, 0) is 9.47 Å². The lowest BCUT2D eigenvalue weighted by Crippen LogP contribution is -2.39. The second-order valence-corrected chi connectivity index (χ2v) is 6.39. The molecule has 4 atom stereocenters. The minimum Gasteiger partial charge on any atom is -0.497 e. The van der Waals surface area contributed by atoms with Gasteiger partial charge in [0.2, 0.25) is 0 Å². The van der Waals surface area contributed by atoms with Crippen LogP contribution in [0, 0.1) is 11.3 Å². The van der Waals surface area contributed by atoms with Gasteiger partial charge in [-0.05, 0) is 36.8 Å². The van der Waals surface area contributed by atoms with Gasteiger partial charge in [0.15, 0.2) is 6.29 Å². The Balaban J connectivity index is 1.68. The lowest BCUT2D eigenvalue weighted by Gasteiger charge is -2.39. The third-order valence-corrected chi connectivity index (χ3v) is 5.14. The van der Waals surface area contributed by atoms with Gasteiger partial charge in [-0.25, -0.2) is 0 Å². The van der Waals surface area contributed by atoms with Crippen molar-refractivity contribution in [1.29, 1.82) is 0 Å². The molecule has 1 N–H and O–H groups in total. The zero-order valence-electron chi connectivity index (χ0n) is 12.7. The molecule has 1 aliphatic heterocycles. The van der Waals surface area contributed by atoms with E-state index in [9.17, 15) is 5.11 Å². The molecule has 0 bridgehead atoms.